The summed E-state index contributed by atoms with van der Waals surface area (Å²) in [5.41, 5.74) is 1.89. The number of carbonyl (C=O) groups excluding carboxylic acids is 1. The molecule has 2 aromatic heterocycles. The van der Waals surface area contributed by atoms with Crippen molar-refractivity contribution in [3.8, 4) is 0 Å². The summed E-state index contributed by atoms with van der Waals surface area (Å²) in [6.45, 7) is 4.11. The summed E-state index contributed by atoms with van der Waals surface area (Å²) in [7, 11) is 1.33. The Kier molecular flexibility index (Phi) is 3.79. The molecule has 2 heterocycles. The van der Waals surface area contributed by atoms with Crippen LogP contribution in [0.5, 0.6) is 0 Å². The summed E-state index contributed by atoms with van der Waals surface area (Å²) in [4.78, 5) is 15.3. The highest BCUT2D eigenvalue weighted by molar-refractivity contribution is 5.88. The van der Waals surface area contributed by atoms with E-state index in [1.54, 1.807) is 24.5 Å². The van der Waals surface area contributed by atoms with Gasteiger partial charge in [0.1, 0.15) is 5.69 Å². The van der Waals surface area contributed by atoms with E-state index in [1.807, 2.05) is 10.9 Å². The Bertz CT molecular complexity index is 578. The molecular weight excluding hydrogens is 244 g/mol. The largest absolute Gasteiger partial charge is 0.464 e. The normalized spacial score (nSPS) is 10.5. The van der Waals surface area contributed by atoms with Gasteiger partial charge in [0.2, 0.25) is 0 Å². The van der Waals surface area contributed by atoms with Crippen LogP contribution in [-0.2, 0) is 4.74 Å². The molecule has 0 aliphatic carbocycles. The number of carbonyl (C=O) groups is 1. The first kappa shape index (κ1) is 13.1. The Hall–Kier alpha value is -2.37. The fraction of sp³-hybridized carbons (Fsp3) is 0.308. The van der Waals surface area contributed by atoms with Crippen LogP contribution in [0.2, 0.25) is 0 Å². The standard InChI is InChI=1S/C13H16N4O2/c1-9(2)17-8-11(7-15-17)16-10-4-5-14-12(6-10)13(18)19-3/h4-9H,1-3H3,(H,14,16). The number of nitrogens with one attached hydrogen (secondary N) is 1. The molecule has 2 rings (SSSR count). The lowest BCUT2D eigenvalue weighted by Crippen LogP contribution is -2.04. The van der Waals surface area contributed by atoms with E-state index in [9.17, 15) is 4.79 Å². The van der Waals surface area contributed by atoms with Gasteiger partial charge in [-0.3, -0.25) is 4.68 Å². The van der Waals surface area contributed by atoms with E-state index >= 15 is 0 Å². The molecule has 0 fully saturated rings. The molecule has 6 heteroatoms. The van der Waals surface area contributed by atoms with Gasteiger partial charge in [0.05, 0.1) is 19.0 Å². The van der Waals surface area contributed by atoms with Crippen LogP contribution in [-0.4, -0.2) is 27.8 Å². The van der Waals surface area contributed by atoms with Gasteiger partial charge in [0.15, 0.2) is 0 Å². The van der Waals surface area contributed by atoms with Crippen LogP contribution in [0.15, 0.2) is 30.7 Å². The lowest BCUT2D eigenvalue weighted by molar-refractivity contribution is 0.0594. The number of rotatable bonds is 4. The quantitative estimate of drug-likeness (QED) is 0.855. The number of ether oxygens (including phenoxy) is 1. The average molecular weight is 260 g/mol. The molecular formula is C13H16N4O2. The maximum Gasteiger partial charge on any atom is 0.356 e. The second-order valence-electron chi connectivity index (χ2n) is 4.35. The smallest absolute Gasteiger partial charge is 0.356 e. The first-order valence-corrected chi connectivity index (χ1v) is 5.95. The molecule has 0 saturated heterocycles. The van der Waals surface area contributed by atoms with Crippen molar-refractivity contribution < 1.29 is 9.53 Å². The van der Waals surface area contributed by atoms with E-state index in [0.29, 0.717) is 6.04 Å². The Morgan fingerprint density at radius 2 is 2.21 bits per heavy atom. The van der Waals surface area contributed by atoms with Crippen LogP contribution >= 0.6 is 0 Å². The summed E-state index contributed by atoms with van der Waals surface area (Å²) in [6, 6.07) is 3.72. The van der Waals surface area contributed by atoms with Gasteiger partial charge >= 0.3 is 5.97 Å². The van der Waals surface area contributed by atoms with Crippen LogP contribution < -0.4 is 5.32 Å². The van der Waals surface area contributed by atoms with Crippen molar-refractivity contribution >= 4 is 17.3 Å². The van der Waals surface area contributed by atoms with Gasteiger partial charge in [-0.15, -0.1) is 0 Å². The number of esters is 1. The van der Waals surface area contributed by atoms with E-state index in [1.165, 1.54) is 7.11 Å². The molecule has 0 saturated carbocycles. The van der Waals surface area contributed by atoms with Crippen molar-refractivity contribution in [3.63, 3.8) is 0 Å². The predicted octanol–water partition coefficient (Wildman–Crippen LogP) is 2.39. The molecule has 0 aliphatic rings. The fourth-order valence-corrected chi connectivity index (χ4v) is 1.58. The molecule has 0 unspecified atom stereocenters. The summed E-state index contributed by atoms with van der Waals surface area (Å²) < 4.78 is 6.48. The molecule has 6 nitrogen and oxygen atoms in total. The van der Waals surface area contributed by atoms with Crippen molar-refractivity contribution in [2.24, 2.45) is 0 Å². The molecule has 0 atom stereocenters. The Morgan fingerprint density at radius 1 is 1.42 bits per heavy atom. The van der Waals surface area contributed by atoms with Crippen LogP contribution in [0.4, 0.5) is 11.4 Å². The third kappa shape index (κ3) is 3.09. The number of aromatic nitrogens is 3. The zero-order valence-corrected chi connectivity index (χ0v) is 11.1. The fourth-order valence-electron chi connectivity index (χ4n) is 1.58. The van der Waals surface area contributed by atoms with Crippen molar-refractivity contribution in [3.05, 3.63) is 36.4 Å². The van der Waals surface area contributed by atoms with Crippen molar-refractivity contribution in [2.75, 3.05) is 12.4 Å². The molecule has 0 aliphatic heterocycles. The third-order valence-corrected chi connectivity index (χ3v) is 2.57. The lowest BCUT2D eigenvalue weighted by atomic mass is 10.3. The van der Waals surface area contributed by atoms with Crippen LogP contribution in [0.25, 0.3) is 0 Å². The molecule has 0 amide bonds. The maximum absolute atomic E-state index is 11.4. The molecule has 19 heavy (non-hydrogen) atoms. The topological polar surface area (TPSA) is 69.0 Å². The number of pyridine rings is 1. The zero-order chi connectivity index (χ0) is 13.8. The number of anilines is 2. The average Bonchev–Trinajstić information content (AvgIpc) is 2.87. The number of nitrogens with zero attached hydrogens (tertiary/aromatic N) is 3. The highest BCUT2D eigenvalue weighted by atomic mass is 16.5. The minimum absolute atomic E-state index is 0.267. The van der Waals surface area contributed by atoms with Gasteiger partial charge in [0.25, 0.3) is 0 Å². The highest BCUT2D eigenvalue weighted by Gasteiger charge is 2.08. The van der Waals surface area contributed by atoms with Crippen LogP contribution in [0.3, 0.4) is 0 Å². The number of hydrogen-bond acceptors (Lipinski definition) is 5. The van der Waals surface area contributed by atoms with Gasteiger partial charge in [-0.05, 0) is 26.0 Å². The molecule has 0 spiro atoms. The van der Waals surface area contributed by atoms with Gasteiger partial charge in [-0.1, -0.05) is 0 Å². The highest BCUT2D eigenvalue weighted by Crippen LogP contribution is 2.17. The van der Waals surface area contributed by atoms with Gasteiger partial charge in [-0.2, -0.15) is 5.10 Å². The second kappa shape index (κ2) is 5.51. The van der Waals surface area contributed by atoms with E-state index < -0.39 is 5.97 Å². The first-order valence-electron chi connectivity index (χ1n) is 5.95. The van der Waals surface area contributed by atoms with Crippen molar-refractivity contribution in [1.82, 2.24) is 14.8 Å². The summed E-state index contributed by atoms with van der Waals surface area (Å²) >= 11 is 0. The van der Waals surface area contributed by atoms with E-state index in [-0.39, 0.29) is 5.69 Å². The molecule has 0 radical (unpaired) electrons. The van der Waals surface area contributed by atoms with Gasteiger partial charge in [0, 0.05) is 24.1 Å². The van der Waals surface area contributed by atoms with Crippen molar-refractivity contribution in [1.29, 1.82) is 0 Å². The van der Waals surface area contributed by atoms with Gasteiger partial charge in [-0.25, -0.2) is 9.78 Å². The second-order valence-corrected chi connectivity index (χ2v) is 4.35. The van der Waals surface area contributed by atoms with Crippen LogP contribution in [0, 0.1) is 0 Å². The molecule has 2 aromatic rings. The number of hydrogen-bond donors (Lipinski definition) is 1. The van der Waals surface area contributed by atoms with Crippen molar-refractivity contribution in [2.45, 2.75) is 19.9 Å². The number of methoxy groups -OCH3 is 1. The monoisotopic (exact) mass is 260 g/mol. The Balaban J connectivity index is 2.16. The SMILES string of the molecule is COC(=O)c1cc(Nc2cnn(C(C)C)c2)ccn1. The summed E-state index contributed by atoms with van der Waals surface area (Å²) in [5, 5.41) is 7.40. The Labute approximate surface area is 111 Å². The minimum Gasteiger partial charge on any atom is -0.464 e. The maximum atomic E-state index is 11.4. The Morgan fingerprint density at radius 3 is 2.84 bits per heavy atom. The lowest BCUT2D eigenvalue weighted by Gasteiger charge is -2.05. The minimum atomic E-state index is -0.457. The third-order valence-electron chi connectivity index (χ3n) is 2.57. The zero-order valence-electron chi connectivity index (χ0n) is 11.1. The predicted molar refractivity (Wildman–Crippen MR) is 71.5 cm³/mol. The van der Waals surface area contributed by atoms with Gasteiger partial charge < -0.3 is 10.1 Å². The van der Waals surface area contributed by atoms with Crippen LogP contribution in [0.1, 0.15) is 30.4 Å². The molecule has 0 bridgehead atoms. The first-order chi connectivity index (χ1) is 9.10. The summed E-state index contributed by atoms with van der Waals surface area (Å²) in [6.07, 6.45) is 5.20. The summed E-state index contributed by atoms with van der Waals surface area (Å²) in [5.74, 6) is -0.457. The van der Waals surface area contributed by atoms with E-state index in [0.717, 1.165) is 11.4 Å². The van der Waals surface area contributed by atoms with E-state index in [2.05, 4.69) is 34.0 Å². The molecule has 1 N–H and O–H groups in total. The molecule has 100 valence electrons. The van der Waals surface area contributed by atoms with E-state index in [4.69, 9.17) is 0 Å². The molecule has 0 aromatic carbocycles.